The Balaban J connectivity index is 1.93. The van der Waals surface area contributed by atoms with Gasteiger partial charge in [0.2, 0.25) is 0 Å². The number of halogens is 2. The first-order valence-electron chi connectivity index (χ1n) is 10.3. The van der Waals surface area contributed by atoms with E-state index in [0.29, 0.717) is 18.9 Å². The number of hydrogen-bond donors (Lipinski definition) is 2. The summed E-state index contributed by atoms with van der Waals surface area (Å²) in [7, 11) is -3.68. The van der Waals surface area contributed by atoms with Gasteiger partial charge in [-0.15, -0.1) is 0 Å². The van der Waals surface area contributed by atoms with E-state index in [0.717, 1.165) is 19.3 Å². The van der Waals surface area contributed by atoms with Gasteiger partial charge in [0.1, 0.15) is 0 Å². The van der Waals surface area contributed by atoms with Gasteiger partial charge in [-0.1, -0.05) is 0 Å². The fourth-order valence-electron chi connectivity index (χ4n) is 3.50. The summed E-state index contributed by atoms with van der Waals surface area (Å²) in [6.45, 7) is 4.32. The van der Waals surface area contributed by atoms with E-state index in [1.54, 1.807) is 30.3 Å². The second kappa shape index (κ2) is 13.5. The van der Waals surface area contributed by atoms with Gasteiger partial charge in [0.15, 0.2) is 0 Å². The summed E-state index contributed by atoms with van der Waals surface area (Å²) in [6, 6.07) is 8.27. The number of nitrogens with one attached hydrogen (secondary N) is 1. The van der Waals surface area contributed by atoms with Crippen molar-refractivity contribution < 1.29 is 69.6 Å². The Morgan fingerprint density at radius 1 is 1.29 bits per heavy atom. The van der Waals surface area contributed by atoms with Gasteiger partial charge in [-0.3, -0.25) is 0 Å². The van der Waals surface area contributed by atoms with Crippen molar-refractivity contribution in [3.8, 4) is 0 Å². The second-order valence-corrected chi connectivity index (χ2v) is 17.0. The zero-order valence-electron chi connectivity index (χ0n) is 17.7. The Bertz CT molecular complexity index is 781. The molecule has 1 amide bonds. The molecule has 0 heterocycles. The predicted octanol–water partition coefficient (Wildman–Crippen LogP) is -4.69. The minimum atomic E-state index is -3.68. The van der Waals surface area contributed by atoms with Crippen LogP contribution >= 0.6 is 0 Å². The topological polar surface area (TPSA) is 119 Å². The molecule has 0 radical (unpaired) electrons. The molecule has 1 aromatic carbocycles. The van der Waals surface area contributed by atoms with Gasteiger partial charge in [-0.2, -0.15) is 0 Å². The van der Waals surface area contributed by atoms with E-state index in [-0.39, 0.29) is 32.0 Å². The van der Waals surface area contributed by atoms with E-state index in [4.69, 9.17) is 4.74 Å². The third kappa shape index (κ3) is 8.91. The molecule has 3 atom stereocenters. The van der Waals surface area contributed by atoms with Crippen molar-refractivity contribution in [2.75, 3.05) is 19.7 Å². The summed E-state index contributed by atoms with van der Waals surface area (Å²) >= 11 is -2.24. The van der Waals surface area contributed by atoms with Crippen LogP contribution in [0.2, 0.25) is 0 Å². The Hall–Kier alpha value is -0.220. The second-order valence-electron chi connectivity index (χ2n) is 7.92. The number of carbonyl (C=O) groups is 1. The molecule has 2 rings (SSSR count). The molecule has 0 aromatic heterocycles. The maximum absolute atomic E-state index is 13.1. The fourth-order valence-corrected chi connectivity index (χ4v) is 9.32. The van der Waals surface area contributed by atoms with Crippen LogP contribution in [-0.4, -0.2) is 50.0 Å². The number of sulfonamides is 1. The third-order valence-corrected chi connectivity index (χ3v) is 12.6. The quantitative estimate of drug-likeness (QED) is 0.130. The summed E-state index contributed by atoms with van der Waals surface area (Å²) in [4.78, 5) is 12.4. The van der Waals surface area contributed by atoms with Crippen LogP contribution in [0.3, 0.4) is 0 Å². The first kappa shape index (κ1) is 27.0. The van der Waals surface area contributed by atoms with Crippen LogP contribution in [0, 0.1) is 11.8 Å². The molecule has 31 heavy (non-hydrogen) atoms. The molecule has 1 fully saturated rings. The molecule has 1 aromatic rings. The number of carbonyl (C=O) groups excluding carboxylic acids is 1. The first-order valence-corrected chi connectivity index (χ1v) is 16.2. The Kier molecular flexibility index (Phi) is 11.8. The van der Waals surface area contributed by atoms with Crippen molar-refractivity contribution in [1.82, 2.24) is 7.84 Å². The van der Waals surface area contributed by atoms with Gasteiger partial charge >= 0.3 is 208 Å². The molecular weight excluding hydrogens is 650 g/mol. The average Bonchev–Trinajstić information content (AvgIpc) is 3.17. The zero-order valence-corrected chi connectivity index (χ0v) is 22.9. The molecule has 3 unspecified atom stereocenters. The van der Waals surface area contributed by atoms with Crippen molar-refractivity contribution in [1.29, 1.82) is 0 Å². The van der Waals surface area contributed by atoms with Crippen LogP contribution in [-0.2, 0) is 14.8 Å². The van der Waals surface area contributed by atoms with Crippen LogP contribution in [0.25, 0.3) is 0 Å². The van der Waals surface area contributed by atoms with Crippen molar-refractivity contribution in [2.24, 2.45) is 11.8 Å². The van der Waals surface area contributed by atoms with Crippen molar-refractivity contribution in [2.45, 2.75) is 52.5 Å². The maximum atomic E-state index is 13.1. The summed E-state index contributed by atoms with van der Waals surface area (Å²) in [5.41, 5.74) is 0. The summed E-state index contributed by atoms with van der Waals surface area (Å²) < 4.78 is 45.6. The predicted molar refractivity (Wildman–Crippen MR) is 106 cm³/mol. The van der Waals surface area contributed by atoms with Gasteiger partial charge < -0.3 is 0 Å². The monoisotopic (exact) mass is 681 g/mol. The fraction of sp³-hybridized carbons (Fsp3) is 0.650. The van der Waals surface area contributed by atoms with Crippen LogP contribution in [0.5, 0.6) is 0 Å². The average molecular weight is 681 g/mol. The molecule has 0 saturated heterocycles. The summed E-state index contributed by atoms with van der Waals surface area (Å²) in [5.74, 6) is 0.449. The van der Waals surface area contributed by atoms with E-state index >= 15 is 0 Å². The molecule has 0 bridgehead atoms. The van der Waals surface area contributed by atoms with Crippen LogP contribution in [0.4, 0.5) is 4.79 Å². The Morgan fingerprint density at radius 2 is 2.00 bits per heavy atom. The summed E-state index contributed by atoms with van der Waals surface area (Å²) in [6.07, 6.45) is 2.34. The molecule has 2 N–H and O–H groups in total. The molecule has 1 aliphatic carbocycles. The normalized spacial score (nSPS) is 20.5. The molecule has 1 aliphatic rings. The van der Waals surface area contributed by atoms with Crippen molar-refractivity contribution >= 4 is 16.1 Å². The molecular formula is C20H31I2N2O6S-3. The number of alkyl halides is 2. The van der Waals surface area contributed by atoms with Crippen molar-refractivity contribution in [3.05, 3.63) is 30.3 Å². The van der Waals surface area contributed by atoms with E-state index in [2.05, 4.69) is 3.53 Å². The number of benzene rings is 1. The van der Waals surface area contributed by atoms with Crippen molar-refractivity contribution in [3.63, 3.8) is 0 Å². The van der Waals surface area contributed by atoms with Gasteiger partial charge in [-0.25, -0.2) is 0 Å². The van der Waals surface area contributed by atoms with Crippen LogP contribution in [0.1, 0.15) is 39.5 Å². The van der Waals surface area contributed by atoms with Crippen LogP contribution < -0.4 is 51.7 Å². The number of rotatable bonds is 12. The van der Waals surface area contributed by atoms with E-state index in [1.807, 2.05) is 13.8 Å². The van der Waals surface area contributed by atoms with E-state index in [9.17, 15) is 21.8 Å². The number of amides is 1. The Morgan fingerprint density at radius 3 is 2.61 bits per heavy atom. The Labute approximate surface area is 206 Å². The standard InChI is InChI=1S/C20H31I2N2O6S/c1-15(2)13-24(31(28,29)18-6-4-3-5-7-18)14-19(22-27)21-23-20(26)30-17-9-8-16(12-17)10-11-25/h3-7,15-17,19,27H,8-14H2,1-2H3,(H,23,26)/q-3. The molecule has 11 heteroatoms. The number of nitrogens with zero attached hydrogens (tertiary/aromatic N) is 1. The zero-order chi connectivity index (χ0) is 22.9. The van der Waals surface area contributed by atoms with E-state index < -0.39 is 59.2 Å². The molecule has 8 nitrogen and oxygen atoms in total. The van der Waals surface area contributed by atoms with Gasteiger partial charge in [0, 0.05) is 0 Å². The van der Waals surface area contributed by atoms with E-state index in [1.165, 1.54) is 4.31 Å². The summed E-state index contributed by atoms with van der Waals surface area (Å²) in [5, 5.41) is 10.8. The first-order chi connectivity index (χ1) is 14.8. The van der Waals surface area contributed by atoms with Gasteiger partial charge in [0.05, 0.1) is 0 Å². The molecule has 180 valence electrons. The minimum absolute atomic E-state index is 0.102. The van der Waals surface area contributed by atoms with Gasteiger partial charge in [0.25, 0.3) is 0 Å². The molecule has 1 saturated carbocycles. The van der Waals surface area contributed by atoms with Crippen LogP contribution in [0.15, 0.2) is 35.2 Å². The number of ether oxygens (including phenoxy) is 1. The molecule has 0 aliphatic heterocycles. The number of hydrogen-bond acceptors (Lipinski definition) is 6. The third-order valence-electron chi connectivity index (χ3n) is 4.94. The molecule has 0 spiro atoms. The SMILES string of the molecule is CC(C)CN(CC([I-]O)[I-]NC(=O)OC1CCC(CC[O-])C1)S(=O)(=O)c1ccccc1. The van der Waals surface area contributed by atoms with Gasteiger partial charge in [-0.05, 0) is 0 Å².